The number of likely N-dealkylation sites (N-methyl/N-ethyl adjacent to an activating group) is 1. The second-order valence-corrected chi connectivity index (χ2v) is 9.60. The van der Waals surface area contributed by atoms with Gasteiger partial charge < -0.3 is 15.3 Å². The summed E-state index contributed by atoms with van der Waals surface area (Å²) in [5, 5.41) is 12.3. The minimum atomic E-state index is -0.793. The van der Waals surface area contributed by atoms with Crippen molar-refractivity contribution in [2.24, 2.45) is 11.3 Å². The zero-order valence-electron chi connectivity index (χ0n) is 17.7. The van der Waals surface area contributed by atoms with Crippen molar-refractivity contribution in [1.29, 1.82) is 0 Å². The minimum Gasteiger partial charge on any atom is -0.480 e. The number of carboxylic acid groups (broad SMARTS) is 1. The highest BCUT2D eigenvalue weighted by atomic mass is 16.4. The molecule has 2 aliphatic rings. The van der Waals surface area contributed by atoms with Crippen LogP contribution < -0.4 is 5.32 Å². The van der Waals surface area contributed by atoms with Crippen molar-refractivity contribution in [2.75, 3.05) is 26.7 Å². The first kappa shape index (κ1) is 22.0. The molecule has 0 bridgehead atoms. The molecule has 2 fully saturated rings. The molecule has 1 aliphatic carbocycles. The minimum absolute atomic E-state index is 0.0634. The van der Waals surface area contributed by atoms with Crippen LogP contribution in [0.3, 0.4) is 0 Å². The Hall–Kier alpha value is -1.30. The lowest BCUT2D eigenvalue weighted by Gasteiger charge is -2.30. The van der Waals surface area contributed by atoms with Gasteiger partial charge in [-0.05, 0) is 63.3 Å². The van der Waals surface area contributed by atoms with Crippen LogP contribution in [0.25, 0.3) is 0 Å². The number of rotatable bonds is 4. The standard InChI is InChI=1S/C21H39N3O3/c1-21(2,3)16-7-5-8-17(11-10-16)22-20(27)24-13-6-9-18(12-14-24)23(4)15-19(25)26/h16-18H,5-15H2,1-4H3,(H,22,27)(H,25,26). The predicted octanol–water partition coefficient (Wildman–Crippen LogP) is 3.56. The molecule has 1 aliphatic heterocycles. The lowest BCUT2D eigenvalue weighted by atomic mass is 9.76. The summed E-state index contributed by atoms with van der Waals surface area (Å²) in [7, 11) is 1.87. The molecule has 6 heteroatoms. The summed E-state index contributed by atoms with van der Waals surface area (Å²) in [6.45, 7) is 8.51. The fourth-order valence-electron chi connectivity index (χ4n) is 4.64. The van der Waals surface area contributed by atoms with Crippen molar-refractivity contribution in [1.82, 2.24) is 15.1 Å². The molecular formula is C21H39N3O3. The van der Waals surface area contributed by atoms with Crippen molar-refractivity contribution in [3.05, 3.63) is 0 Å². The van der Waals surface area contributed by atoms with Crippen LogP contribution in [0.4, 0.5) is 4.79 Å². The van der Waals surface area contributed by atoms with Gasteiger partial charge in [-0.25, -0.2) is 4.79 Å². The molecule has 0 aromatic heterocycles. The van der Waals surface area contributed by atoms with E-state index in [2.05, 4.69) is 26.1 Å². The van der Waals surface area contributed by atoms with Gasteiger partial charge in [0.2, 0.25) is 0 Å². The van der Waals surface area contributed by atoms with Gasteiger partial charge in [0.1, 0.15) is 0 Å². The Labute approximate surface area is 164 Å². The summed E-state index contributed by atoms with van der Waals surface area (Å²) in [6.07, 6.45) is 8.52. The molecule has 1 heterocycles. The Morgan fingerprint density at radius 2 is 1.78 bits per heavy atom. The Morgan fingerprint density at radius 3 is 2.44 bits per heavy atom. The average molecular weight is 382 g/mol. The molecule has 3 unspecified atom stereocenters. The normalized spacial score (nSPS) is 27.7. The van der Waals surface area contributed by atoms with Crippen LogP contribution in [-0.2, 0) is 4.79 Å². The number of likely N-dealkylation sites (tertiary alicyclic amines) is 1. The van der Waals surface area contributed by atoms with Gasteiger partial charge in [-0.1, -0.05) is 27.2 Å². The van der Waals surface area contributed by atoms with Crippen molar-refractivity contribution in [3.8, 4) is 0 Å². The van der Waals surface area contributed by atoms with Gasteiger partial charge in [-0.15, -0.1) is 0 Å². The Kier molecular flexibility index (Phi) is 7.95. The van der Waals surface area contributed by atoms with E-state index in [0.717, 1.165) is 44.6 Å². The van der Waals surface area contributed by atoms with Crippen LogP contribution in [0.2, 0.25) is 0 Å². The van der Waals surface area contributed by atoms with E-state index < -0.39 is 5.97 Å². The molecule has 0 aromatic rings. The first-order chi connectivity index (χ1) is 12.7. The molecule has 0 radical (unpaired) electrons. The van der Waals surface area contributed by atoms with Crippen molar-refractivity contribution in [3.63, 3.8) is 0 Å². The van der Waals surface area contributed by atoms with Crippen molar-refractivity contribution in [2.45, 2.75) is 84.2 Å². The van der Waals surface area contributed by atoms with E-state index in [0.29, 0.717) is 18.0 Å². The quantitative estimate of drug-likeness (QED) is 0.730. The molecule has 1 saturated carbocycles. The van der Waals surface area contributed by atoms with Crippen molar-refractivity contribution < 1.29 is 14.7 Å². The molecule has 27 heavy (non-hydrogen) atoms. The molecule has 1 saturated heterocycles. The number of carbonyl (C=O) groups is 2. The predicted molar refractivity (Wildman–Crippen MR) is 108 cm³/mol. The van der Waals surface area contributed by atoms with E-state index in [1.54, 1.807) is 0 Å². The lowest BCUT2D eigenvalue weighted by Crippen LogP contribution is -2.45. The summed E-state index contributed by atoms with van der Waals surface area (Å²) >= 11 is 0. The number of nitrogens with zero attached hydrogens (tertiary/aromatic N) is 2. The van der Waals surface area contributed by atoms with Crippen LogP contribution >= 0.6 is 0 Å². The average Bonchev–Trinajstić information content (AvgIpc) is 2.94. The lowest BCUT2D eigenvalue weighted by molar-refractivity contribution is -0.138. The maximum absolute atomic E-state index is 12.8. The van der Waals surface area contributed by atoms with Crippen LogP contribution in [0.1, 0.15) is 72.1 Å². The first-order valence-corrected chi connectivity index (χ1v) is 10.6. The summed E-state index contributed by atoms with van der Waals surface area (Å²) in [4.78, 5) is 27.5. The number of carbonyl (C=O) groups excluding carboxylic acids is 1. The van der Waals surface area contributed by atoms with E-state index in [4.69, 9.17) is 5.11 Å². The molecular weight excluding hydrogens is 342 g/mol. The van der Waals surface area contributed by atoms with Gasteiger partial charge in [0.15, 0.2) is 0 Å². The smallest absolute Gasteiger partial charge is 0.317 e. The van der Waals surface area contributed by atoms with E-state index in [-0.39, 0.29) is 18.6 Å². The second kappa shape index (κ2) is 9.76. The maximum Gasteiger partial charge on any atom is 0.317 e. The van der Waals surface area contributed by atoms with Crippen LogP contribution in [-0.4, -0.2) is 65.7 Å². The summed E-state index contributed by atoms with van der Waals surface area (Å²) in [6, 6.07) is 0.596. The summed E-state index contributed by atoms with van der Waals surface area (Å²) in [5.74, 6) is -0.0543. The molecule has 0 spiro atoms. The number of hydrogen-bond acceptors (Lipinski definition) is 3. The molecule has 2 N–H and O–H groups in total. The highest BCUT2D eigenvalue weighted by Gasteiger charge is 2.29. The van der Waals surface area contributed by atoms with Gasteiger partial charge in [-0.2, -0.15) is 0 Å². The van der Waals surface area contributed by atoms with E-state index in [1.807, 2.05) is 16.8 Å². The number of urea groups is 1. The molecule has 6 nitrogen and oxygen atoms in total. The van der Waals surface area contributed by atoms with Crippen LogP contribution in [0, 0.1) is 11.3 Å². The van der Waals surface area contributed by atoms with E-state index in [9.17, 15) is 9.59 Å². The highest BCUT2D eigenvalue weighted by Crippen LogP contribution is 2.36. The fraction of sp³-hybridized carbons (Fsp3) is 0.905. The highest BCUT2D eigenvalue weighted by molar-refractivity contribution is 5.74. The maximum atomic E-state index is 12.8. The zero-order valence-corrected chi connectivity index (χ0v) is 17.7. The number of hydrogen-bond donors (Lipinski definition) is 2. The second-order valence-electron chi connectivity index (χ2n) is 9.60. The van der Waals surface area contributed by atoms with Gasteiger partial charge in [-0.3, -0.25) is 9.69 Å². The first-order valence-electron chi connectivity index (χ1n) is 10.6. The zero-order chi connectivity index (χ0) is 20.0. The third-order valence-electron chi connectivity index (χ3n) is 6.51. The Morgan fingerprint density at radius 1 is 1.04 bits per heavy atom. The number of nitrogens with one attached hydrogen (secondary N) is 1. The Balaban J connectivity index is 1.81. The molecule has 0 aromatic carbocycles. The summed E-state index contributed by atoms with van der Waals surface area (Å²) in [5.41, 5.74) is 0.348. The molecule has 2 amide bonds. The number of carboxylic acids is 1. The van der Waals surface area contributed by atoms with Gasteiger partial charge in [0, 0.05) is 25.2 Å². The largest absolute Gasteiger partial charge is 0.480 e. The third kappa shape index (κ3) is 6.98. The number of amides is 2. The fourth-order valence-corrected chi connectivity index (χ4v) is 4.64. The number of aliphatic carboxylic acids is 1. The SMILES string of the molecule is CN(CC(=O)O)C1CCCN(C(=O)NC2CCCC(C(C)(C)C)CC2)CC1. The molecule has 3 atom stereocenters. The van der Waals surface area contributed by atoms with Crippen LogP contribution in [0.15, 0.2) is 0 Å². The Bertz CT molecular complexity index is 503. The van der Waals surface area contributed by atoms with Gasteiger partial charge >= 0.3 is 12.0 Å². The topological polar surface area (TPSA) is 72.9 Å². The molecule has 2 rings (SSSR count). The van der Waals surface area contributed by atoms with E-state index in [1.165, 1.54) is 19.3 Å². The third-order valence-corrected chi connectivity index (χ3v) is 6.51. The van der Waals surface area contributed by atoms with Crippen molar-refractivity contribution >= 4 is 12.0 Å². The van der Waals surface area contributed by atoms with E-state index >= 15 is 0 Å². The van der Waals surface area contributed by atoms with Gasteiger partial charge in [0.05, 0.1) is 6.54 Å². The van der Waals surface area contributed by atoms with Gasteiger partial charge in [0.25, 0.3) is 0 Å². The summed E-state index contributed by atoms with van der Waals surface area (Å²) < 4.78 is 0. The monoisotopic (exact) mass is 381 g/mol. The van der Waals surface area contributed by atoms with Crippen LogP contribution in [0.5, 0.6) is 0 Å². The molecule has 156 valence electrons.